The van der Waals surface area contributed by atoms with Crippen LogP contribution in [0.4, 0.5) is 0 Å². The average Bonchev–Trinajstić information content (AvgIpc) is 3.09. The number of nitrogens with two attached hydrogens (primary N) is 1. The van der Waals surface area contributed by atoms with Crippen LogP contribution in [0.3, 0.4) is 0 Å². The molecule has 2 aliphatic carbocycles. The standard InChI is InChI=1S/C15H13Cl2NS/c16-10-2-4-12-14(15(10)17)13-9(6-18)8-5-7(8)1-3-11(13)19-12/h2,4,9H,1,3,5-6,18H2. The van der Waals surface area contributed by atoms with E-state index in [9.17, 15) is 0 Å². The summed E-state index contributed by atoms with van der Waals surface area (Å²) in [6.45, 7) is 0.667. The van der Waals surface area contributed by atoms with Gasteiger partial charge in [-0.25, -0.2) is 0 Å². The molecule has 19 heavy (non-hydrogen) atoms. The fourth-order valence-electron chi connectivity index (χ4n) is 3.25. The number of allylic oxidation sites excluding steroid dienone is 1. The number of hydrogen-bond acceptors (Lipinski definition) is 2. The molecule has 2 aliphatic rings. The highest BCUT2D eigenvalue weighted by Crippen LogP contribution is 2.53. The van der Waals surface area contributed by atoms with Crippen LogP contribution < -0.4 is 5.73 Å². The smallest absolute Gasteiger partial charge is 0.0682 e. The Bertz CT molecular complexity index is 729. The first-order chi connectivity index (χ1) is 9.20. The summed E-state index contributed by atoms with van der Waals surface area (Å²) in [6.07, 6.45) is 3.49. The van der Waals surface area contributed by atoms with E-state index in [0.717, 1.165) is 11.8 Å². The fourth-order valence-corrected chi connectivity index (χ4v) is 5.01. The lowest BCUT2D eigenvalue weighted by Gasteiger charge is -2.14. The largest absolute Gasteiger partial charge is 0.330 e. The molecule has 0 amide bonds. The summed E-state index contributed by atoms with van der Waals surface area (Å²) in [5.41, 5.74) is 10.6. The normalized spacial score (nSPS) is 21.3. The lowest BCUT2D eigenvalue weighted by molar-refractivity contribution is 0.817. The van der Waals surface area contributed by atoms with Crippen molar-refractivity contribution in [3.8, 4) is 0 Å². The Morgan fingerprint density at radius 3 is 2.89 bits per heavy atom. The minimum absolute atomic E-state index is 0.359. The number of fused-ring (bicyclic) bond motifs is 3. The maximum Gasteiger partial charge on any atom is 0.0682 e. The zero-order valence-electron chi connectivity index (χ0n) is 10.3. The monoisotopic (exact) mass is 309 g/mol. The van der Waals surface area contributed by atoms with Gasteiger partial charge in [-0.15, -0.1) is 11.3 Å². The van der Waals surface area contributed by atoms with Crippen LogP contribution in [0.25, 0.3) is 10.1 Å². The summed E-state index contributed by atoms with van der Waals surface area (Å²) in [4.78, 5) is 1.45. The topological polar surface area (TPSA) is 26.0 Å². The van der Waals surface area contributed by atoms with Gasteiger partial charge in [-0.05, 0) is 37.0 Å². The van der Waals surface area contributed by atoms with Gasteiger partial charge in [0.05, 0.1) is 10.0 Å². The summed E-state index contributed by atoms with van der Waals surface area (Å²) >= 11 is 14.5. The molecule has 1 unspecified atom stereocenters. The van der Waals surface area contributed by atoms with Gasteiger partial charge in [-0.2, -0.15) is 0 Å². The lowest BCUT2D eigenvalue weighted by Crippen LogP contribution is -2.12. The number of halogens is 2. The quantitative estimate of drug-likeness (QED) is 0.745. The van der Waals surface area contributed by atoms with E-state index in [1.807, 2.05) is 17.4 Å². The average molecular weight is 310 g/mol. The van der Waals surface area contributed by atoms with Crippen LogP contribution in [0.15, 0.2) is 23.3 Å². The van der Waals surface area contributed by atoms with Gasteiger partial charge < -0.3 is 5.73 Å². The van der Waals surface area contributed by atoms with E-state index >= 15 is 0 Å². The van der Waals surface area contributed by atoms with Crippen LogP contribution in [0.5, 0.6) is 0 Å². The molecule has 0 spiro atoms. The molecule has 1 aromatic carbocycles. The van der Waals surface area contributed by atoms with Crippen molar-refractivity contribution in [2.45, 2.75) is 25.2 Å². The van der Waals surface area contributed by atoms with E-state index in [1.54, 1.807) is 11.1 Å². The van der Waals surface area contributed by atoms with Crippen LogP contribution in [0.1, 0.15) is 29.2 Å². The Morgan fingerprint density at radius 1 is 1.26 bits per heavy atom. The molecule has 0 saturated heterocycles. The van der Waals surface area contributed by atoms with Crippen LogP contribution in [0, 0.1) is 0 Å². The zero-order valence-corrected chi connectivity index (χ0v) is 12.6. The Kier molecular flexibility index (Phi) is 2.72. The molecule has 2 N–H and O–H groups in total. The van der Waals surface area contributed by atoms with Crippen molar-refractivity contribution in [2.24, 2.45) is 5.73 Å². The molecule has 0 saturated carbocycles. The zero-order chi connectivity index (χ0) is 13.1. The van der Waals surface area contributed by atoms with Crippen molar-refractivity contribution in [2.75, 3.05) is 6.54 Å². The lowest BCUT2D eigenvalue weighted by atomic mass is 9.93. The molecule has 4 heteroatoms. The first kappa shape index (κ1) is 12.2. The highest BCUT2D eigenvalue weighted by molar-refractivity contribution is 7.19. The van der Waals surface area contributed by atoms with Gasteiger partial charge in [0.1, 0.15) is 0 Å². The van der Waals surface area contributed by atoms with Gasteiger partial charge in [0.25, 0.3) is 0 Å². The van der Waals surface area contributed by atoms with E-state index in [2.05, 4.69) is 6.07 Å². The van der Waals surface area contributed by atoms with Crippen molar-refractivity contribution in [3.05, 3.63) is 43.8 Å². The summed E-state index contributed by atoms with van der Waals surface area (Å²) in [5, 5.41) is 2.48. The molecule has 1 atom stereocenters. The highest BCUT2D eigenvalue weighted by Gasteiger charge is 2.35. The molecule has 0 radical (unpaired) electrons. The van der Waals surface area contributed by atoms with Crippen molar-refractivity contribution in [1.29, 1.82) is 0 Å². The van der Waals surface area contributed by atoms with Crippen LogP contribution in [-0.4, -0.2) is 6.54 Å². The van der Waals surface area contributed by atoms with Crippen molar-refractivity contribution in [3.63, 3.8) is 0 Å². The summed E-state index contributed by atoms with van der Waals surface area (Å²) in [7, 11) is 0. The van der Waals surface area contributed by atoms with Crippen molar-refractivity contribution in [1.82, 2.24) is 0 Å². The van der Waals surface area contributed by atoms with Gasteiger partial charge in [0, 0.05) is 27.4 Å². The van der Waals surface area contributed by atoms with E-state index in [1.165, 1.54) is 28.0 Å². The first-order valence-corrected chi connectivity index (χ1v) is 8.08. The van der Waals surface area contributed by atoms with Gasteiger partial charge in [0.15, 0.2) is 0 Å². The predicted molar refractivity (Wildman–Crippen MR) is 83.6 cm³/mol. The molecular formula is C15H13Cl2NS. The van der Waals surface area contributed by atoms with E-state index < -0.39 is 0 Å². The highest BCUT2D eigenvalue weighted by atomic mass is 35.5. The van der Waals surface area contributed by atoms with E-state index in [-0.39, 0.29) is 0 Å². The van der Waals surface area contributed by atoms with Gasteiger partial charge >= 0.3 is 0 Å². The van der Waals surface area contributed by atoms with Crippen LogP contribution in [-0.2, 0) is 6.42 Å². The van der Waals surface area contributed by atoms with Gasteiger partial charge in [0.2, 0.25) is 0 Å². The Balaban J connectivity index is 2.05. The maximum atomic E-state index is 6.46. The molecule has 4 rings (SSSR count). The van der Waals surface area contributed by atoms with Gasteiger partial charge in [-0.3, -0.25) is 0 Å². The summed E-state index contributed by atoms with van der Waals surface area (Å²) < 4.78 is 1.24. The van der Waals surface area contributed by atoms with E-state index in [4.69, 9.17) is 28.9 Å². The number of rotatable bonds is 1. The predicted octanol–water partition coefficient (Wildman–Crippen LogP) is 4.90. The number of thiophene rings is 1. The Hall–Kier alpha value is -0.540. The molecule has 1 nitrogen and oxygen atoms in total. The van der Waals surface area contributed by atoms with Crippen LogP contribution >= 0.6 is 34.5 Å². The first-order valence-electron chi connectivity index (χ1n) is 6.50. The second kappa shape index (κ2) is 4.23. The maximum absolute atomic E-state index is 6.46. The van der Waals surface area contributed by atoms with Crippen LogP contribution in [0.2, 0.25) is 10.0 Å². The molecule has 0 fully saturated rings. The second-order valence-electron chi connectivity index (χ2n) is 5.27. The number of hydrogen-bond donors (Lipinski definition) is 1. The van der Waals surface area contributed by atoms with Crippen molar-refractivity contribution >= 4 is 44.6 Å². The third kappa shape index (κ3) is 1.71. The second-order valence-corrected chi connectivity index (χ2v) is 7.19. The third-order valence-corrected chi connectivity index (χ3v) is 6.29. The molecule has 98 valence electrons. The van der Waals surface area contributed by atoms with E-state index in [0.29, 0.717) is 22.5 Å². The van der Waals surface area contributed by atoms with Crippen molar-refractivity contribution < 1.29 is 0 Å². The molecular weight excluding hydrogens is 297 g/mol. The number of aryl methyl sites for hydroxylation is 1. The third-order valence-electron chi connectivity index (χ3n) is 4.25. The molecule has 1 aromatic heterocycles. The molecule has 1 heterocycles. The summed E-state index contributed by atoms with van der Waals surface area (Å²) in [6, 6.07) is 3.97. The minimum atomic E-state index is 0.359. The Labute approximate surface area is 126 Å². The summed E-state index contributed by atoms with van der Waals surface area (Å²) in [5.74, 6) is 0.359. The SMILES string of the molecule is NCC1C2=C(CCc3sc4ccc(Cl)c(Cl)c4c31)C2. The molecule has 0 bridgehead atoms. The fraction of sp³-hybridized carbons (Fsp3) is 0.333. The molecule has 2 aromatic rings. The Morgan fingerprint density at radius 2 is 2.11 bits per heavy atom. The molecule has 0 aliphatic heterocycles. The van der Waals surface area contributed by atoms with Gasteiger partial charge in [-0.1, -0.05) is 34.3 Å². The minimum Gasteiger partial charge on any atom is -0.330 e. The number of benzene rings is 1.